The Balaban J connectivity index is 2.13. The molecule has 2 rings (SSSR count). The van der Waals surface area contributed by atoms with Crippen molar-refractivity contribution in [3.05, 3.63) is 51.5 Å². The predicted molar refractivity (Wildman–Crippen MR) is 95.3 cm³/mol. The van der Waals surface area contributed by atoms with Gasteiger partial charge >= 0.3 is 5.97 Å². The second-order valence-corrected chi connectivity index (χ2v) is 5.93. The van der Waals surface area contributed by atoms with Crippen LogP contribution in [0.4, 0.5) is 5.69 Å². The lowest BCUT2D eigenvalue weighted by atomic mass is 10.2. The summed E-state index contributed by atoms with van der Waals surface area (Å²) in [5, 5.41) is 12.3. The van der Waals surface area contributed by atoms with Crippen molar-refractivity contribution in [2.24, 2.45) is 0 Å². The maximum Gasteiger partial charge on any atom is 0.335 e. The Labute approximate surface area is 154 Å². The Morgan fingerprint density at radius 2 is 1.92 bits per heavy atom. The number of carbonyl (C=O) groups excluding carboxylic acids is 1. The normalized spacial score (nSPS) is 10.2. The highest BCUT2D eigenvalue weighted by Gasteiger charge is 2.16. The molecule has 0 radical (unpaired) electrons. The number of aromatic carboxylic acids is 1. The molecule has 0 aromatic heterocycles. The lowest BCUT2D eigenvalue weighted by molar-refractivity contribution is -0.118. The molecule has 25 heavy (non-hydrogen) atoms. The molecule has 0 aliphatic carbocycles. The van der Waals surface area contributed by atoms with Gasteiger partial charge in [0.05, 0.1) is 23.4 Å². The maximum atomic E-state index is 12.1. The fourth-order valence-electron chi connectivity index (χ4n) is 2.12. The Kier molecular flexibility index (Phi) is 6.12. The molecule has 0 unspecified atom stereocenters. The third-order valence-electron chi connectivity index (χ3n) is 3.26. The summed E-state index contributed by atoms with van der Waals surface area (Å²) in [6.07, 6.45) is 0. The maximum absolute atomic E-state index is 12.1. The lowest BCUT2D eigenvalue weighted by Crippen LogP contribution is -2.21. The molecule has 8 heteroatoms. The van der Waals surface area contributed by atoms with Crippen LogP contribution in [0.5, 0.6) is 11.5 Å². The number of carboxylic acid groups (broad SMARTS) is 1. The minimum atomic E-state index is -1.17. The van der Waals surface area contributed by atoms with Gasteiger partial charge in [0.25, 0.3) is 5.91 Å². The molecule has 2 aromatic carbocycles. The topological polar surface area (TPSA) is 84.9 Å². The fraction of sp³-hybridized carbons (Fsp3) is 0.176. The molecule has 132 valence electrons. The molecule has 0 fully saturated rings. The Morgan fingerprint density at radius 3 is 2.52 bits per heavy atom. The number of amides is 1. The van der Waals surface area contributed by atoms with Crippen LogP contribution in [-0.2, 0) is 4.79 Å². The largest absolute Gasteiger partial charge is 0.493 e. The van der Waals surface area contributed by atoms with E-state index in [1.54, 1.807) is 25.1 Å². The van der Waals surface area contributed by atoms with Crippen molar-refractivity contribution in [3.63, 3.8) is 0 Å². The van der Waals surface area contributed by atoms with Crippen molar-refractivity contribution in [2.45, 2.75) is 6.92 Å². The third-order valence-corrected chi connectivity index (χ3v) is 3.78. The summed E-state index contributed by atoms with van der Waals surface area (Å²) in [6, 6.07) is 7.53. The predicted octanol–water partition coefficient (Wildman–Crippen LogP) is 4.03. The van der Waals surface area contributed by atoms with Crippen molar-refractivity contribution in [2.75, 3.05) is 19.0 Å². The van der Waals surface area contributed by atoms with E-state index in [0.717, 1.165) is 5.56 Å². The molecule has 6 nitrogen and oxygen atoms in total. The minimum absolute atomic E-state index is 0.0736. The molecule has 2 aromatic rings. The quantitative estimate of drug-likeness (QED) is 0.786. The first kappa shape index (κ1) is 18.9. The van der Waals surface area contributed by atoms with E-state index in [1.807, 2.05) is 0 Å². The summed E-state index contributed by atoms with van der Waals surface area (Å²) >= 11 is 11.9. The summed E-state index contributed by atoms with van der Waals surface area (Å²) in [5.41, 5.74) is 0.859. The molecular formula is C17H15Cl2NO5. The number of rotatable bonds is 6. The molecule has 0 spiro atoms. The molecule has 0 saturated heterocycles. The first-order valence-electron chi connectivity index (χ1n) is 7.11. The van der Waals surface area contributed by atoms with Crippen LogP contribution < -0.4 is 14.8 Å². The zero-order valence-electron chi connectivity index (χ0n) is 13.4. The summed E-state index contributed by atoms with van der Waals surface area (Å²) in [4.78, 5) is 23.2. The number of benzene rings is 2. The molecule has 0 bridgehead atoms. The van der Waals surface area contributed by atoms with E-state index in [4.69, 9.17) is 37.8 Å². The Hall–Kier alpha value is -2.44. The van der Waals surface area contributed by atoms with Crippen LogP contribution in [0, 0.1) is 6.92 Å². The summed E-state index contributed by atoms with van der Waals surface area (Å²) in [7, 11) is 1.37. The number of carboxylic acids is 1. The van der Waals surface area contributed by atoms with E-state index >= 15 is 0 Å². The van der Waals surface area contributed by atoms with Gasteiger partial charge in [0.2, 0.25) is 0 Å². The van der Waals surface area contributed by atoms with Gasteiger partial charge in [-0.25, -0.2) is 4.79 Å². The number of carbonyl (C=O) groups is 2. The highest BCUT2D eigenvalue weighted by Crippen LogP contribution is 2.34. The van der Waals surface area contributed by atoms with Gasteiger partial charge in [-0.05, 0) is 42.8 Å². The number of hydrogen-bond acceptors (Lipinski definition) is 4. The van der Waals surface area contributed by atoms with Gasteiger partial charge in [-0.15, -0.1) is 0 Å². The van der Waals surface area contributed by atoms with Crippen LogP contribution in [0.15, 0.2) is 30.3 Å². The van der Waals surface area contributed by atoms with Gasteiger partial charge in [0, 0.05) is 5.02 Å². The van der Waals surface area contributed by atoms with E-state index < -0.39 is 11.9 Å². The van der Waals surface area contributed by atoms with Crippen molar-refractivity contribution in [1.29, 1.82) is 0 Å². The molecule has 1 amide bonds. The molecule has 0 atom stereocenters. The first-order valence-corrected chi connectivity index (χ1v) is 7.87. The highest BCUT2D eigenvalue weighted by atomic mass is 35.5. The number of aryl methyl sites for hydroxylation is 1. The fourth-order valence-corrected chi connectivity index (χ4v) is 2.64. The highest BCUT2D eigenvalue weighted by molar-refractivity contribution is 6.33. The monoisotopic (exact) mass is 383 g/mol. The molecular weight excluding hydrogens is 369 g/mol. The van der Waals surface area contributed by atoms with Crippen molar-refractivity contribution in [3.8, 4) is 11.5 Å². The van der Waals surface area contributed by atoms with E-state index in [9.17, 15) is 9.59 Å². The Morgan fingerprint density at radius 1 is 1.20 bits per heavy atom. The molecule has 0 saturated carbocycles. The van der Waals surface area contributed by atoms with Crippen LogP contribution in [0.25, 0.3) is 0 Å². The average molecular weight is 384 g/mol. The third kappa shape index (κ3) is 4.78. The Bertz CT molecular complexity index is 823. The summed E-state index contributed by atoms with van der Waals surface area (Å²) in [5.74, 6) is -0.981. The molecule has 2 N–H and O–H groups in total. The van der Waals surface area contributed by atoms with Gasteiger partial charge in [-0.1, -0.05) is 23.2 Å². The smallest absolute Gasteiger partial charge is 0.335 e. The summed E-state index contributed by atoms with van der Waals surface area (Å²) in [6.45, 7) is 1.53. The first-order chi connectivity index (χ1) is 11.8. The number of methoxy groups -OCH3 is 1. The number of halogens is 2. The van der Waals surface area contributed by atoms with Gasteiger partial charge < -0.3 is 19.9 Å². The van der Waals surface area contributed by atoms with Crippen LogP contribution in [0.3, 0.4) is 0 Å². The van der Waals surface area contributed by atoms with Gasteiger partial charge in [0.15, 0.2) is 12.4 Å². The van der Waals surface area contributed by atoms with Gasteiger partial charge in [-0.3, -0.25) is 4.79 Å². The number of hydrogen-bond donors (Lipinski definition) is 2. The second-order valence-electron chi connectivity index (χ2n) is 5.09. The van der Waals surface area contributed by atoms with Gasteiger partial charge in [-0.2, -0.15) is 0 Å². The zero-order valence-corrected chi connectivity index (χ0v) is 14.9. The summed E-state index contributed by atoms with van der Waals surface area (Å²) < 4.78 is 10.6. The van der Waals surface area contributed by atoms with Crippen LogP contribution in [0.2, 0.25) is 10.0 Å². The van der Waals surface area contributed by atoms with Crippen LogP contribution in [0.1, 0.15) is 15.9 Å². The van der Waals surface area contributed by atoms with Crippen LogP contribution in [-0.4, -0.2) is 30.7 Å². The zero-order chi connectivity index (χ0) is 18.6. The van der Waals surface area contributed by atoms with Crippen molar-refractivity contribution >= 4 is 40.8 Å². The van der Waals surface area contributed by atoms with E-state index in [0.29, 0.717) is 10.8 Å². The number of anilines is 1. The van der Waals surface area contributed by atoms with Crippen molar-refractivity contribution < 1.29 is 24.2 Å². The van der Waals surface area contributed by atoms with E-state index in [1.165, 1.54) is 19.2 Å². The molecule has 0 heterocycles. The van der Waals surface area contributed by atoms with Crippen LogP contribution >= 0.6 is 23.2 Å². The second kappa shape index (κ2) is 8.09. The molecule has 0 aliphatic heterocycles. The average Bonchev–Trinajstić information content (AvgIpc) is 2.53. The standard InChI is InChI=1S/C17H15Cl2NO5/c1-9-5-11(18)3-4-14(9)25-8-15(21)20-13-7-10(17(22)23)6-12(19)16(13)24-2/h3-7H,8H2,1-2H3,(H,20,21)(H,22,23). The minimum Gasteiger partial charge on any atom is -0.493 e. The SMILES string of the molecule is COc1c(Cl)cc(C(=O)O)cc1NC(=O)COc1ccc(Cl)cc1C. The van der Waals surface area contributed by atoms with E-state index in [-0.39, 0.29) is 28.6 Å². The van der Waals surface area contributed by atoms with Gasteiger partial charge in [0.1, 0.15) is 5.75 Å². The van der Waals surface area contributed by atoms with E-state index in [2.05, 4.69) is 5.32 Å². The molecule has 0 aliphatic rings. The van der Waals surface area contributed by atoms with Crippen molar-refractivity contribution in [1.82, 2.24) is 0 Å². The number of nitrogens with one attached hydrogen (secondary N) is 1. The number of ether oxygens (including phenoxy) is 2. The lowest BCUT2D eigenvalue weighted by Gasteiger charge is -2.14.